The molecule has 0 fully saturated rings. The number of hydrogen-bond acceptors (Lipinski definition) is 4. The standard InChI is InChI=1S/C14H20N2O5S/c1-3-8-22(20,21)16-12-7-5-4-6-11(12)13(17)15-9-10(2)14(18)19/h4-7,10,16H,3,8-9H2,1-2H3,(H,15,17)(H,18,19). The van der Waals surface area contributed by atoms with Crippen LogP contribution >= 0.6 is 0 Å². The number of carboxylic acid groups (broad SMARTS) is 1. The lowest BCUT2D eigenvalue weighted by molar-refractivity contribution is -0.140. The van der Waals surface area contributed by atoms with Gasteiger partial charge in [0.25, 0.3) is 5.91 Å². The molecule has 0 aromatic heterocycles. The van der Waals surface area contributed by atoms with Crippen molar-refractivity contribution in [3.05, 3.63) is 29.8 Å². The van der Waals surface area contributed by atoms with Crippen LogP contribution in [0.25, 0.3) is 0 Å². The van der Waals surface area contributed by atoms with Gasteiger partial charge in [-0.05, 0) is 18.6 Å². The summed E-state index contributed by atoms with van der Waals surface area (Å²) >= 11 is 0. The number of anilines is 1. The van der Waals surface area contributed by atoms with Crippen molar-refractivity contribution in [1.82, 2.24) is 5.32 Å². The van der Waals surface area contributed by atoms with Crippen molar-refractivity contribution < 1.29 is 23.1 Å². The maximum absolute atomic E-state index is 12.1. The summed E-state index contributed by atoms with van der Waals surface area (Å²) in [5.74, 6) is -2.31. The van der Waals surface area contributed by atoms with Crippen molar-refractivity contribution in [1.29, 1.82) is 0 Å². The van der Waals surface area contributed by atoms with E-state index in [1.54, 1.807) is 19.1 Å². The number of rotatable bonds is 8. The van der Waals surface area contributed by atoms with Crippen LogP contribution in [-0.4, -0.2) is 37.7 Å². The Balaban J connectivity index is 2.87. The second kappa shape index (κ2) is 7.79. The summed E-state index contributed by atoms with van der Waals surface area (Å²) in [6.07, 6.45) is 0.458. The number of carbonyl (C=O) groups is 2. The average molecular weight is 328 g/mol. The summed E-state index contributed by atoms with van der Waals surface area (Å²) in [5, 5.41) is 11.3. The lowest BCUT2D eigenvalue weighted by Crippen LogP contribution is -2.32. The Bertz CT molecular complexity index is 642. The van der Waals surface area contributed by atoms with E-state index < -0.39 is 27.8 Å². The van der Waals surface area contributed by atoms with Gasteiger partial charge in [0.1, 0.15) is 0 Å². The molecule has 0 bridgehead atoms. The fourth-order valence-electron chi connectivity index (χ4n) is 1.69. The predicted octanol–water partition coefficient (Wildman–Crippen LogP) is 1.29. The average Bonchev–Trinajstić information content (AvgIpc) is 2.44. The highest BCUT2D eigenvalue weighted by molar-refractivity contribution is 7.92. The van der Waals surface area contributed by atoms with Crippen LogP contribution in [0.15, 0.2) is 24.3 Å². The van der Waals surface area contributed by atoms with Crippen molar-refractivity contribution >= 4 is 27.6 Å². The molecule has 0 heterocycles. The van der Waals surface area contributed by atoms with E-state index in [1.165, 1.54) is 19.1 Å². The molecule has 0 saturated carbocycles. The molecule has 8 heteroatoms. The summed E-state index contributed by atoms with van der Waals surface area (Å²) in [4.78, 5) is 22.8. The summed E-state index contributed by atoms with van der Waals surface area (Å²) < 4.78 is 26.0. The Hall–Kier alpha value is -2.09. The van der Waals surface area contributed by atoms with Crippen LogP contribution in [0.5, 0.6) is 0 Å². The van der Waals surface area contributed by atoms with Crippen LogP contribution in [0.3, 0.4) is 0 Å². The molecule has 1 aromatic rings. The maximum atomic E-state index is 12.1. The Morgan fingerprint density at radius 2 is 1.91 bits per heavy atom. The van der Waals surface area contributed by atoms with Crippen LogP contribution in [0.4, 0.5) is 5.69 Å². The van der Waals surface area contributed by atoms with Crippen LogP contribution in [-0.2, 0) is 14.8 Å². The van der Waals surface area contributed by atoms with Gasteiger partial charge in [-0.2, -0.15) is 0 Å². The highest BCUT2D eigenvalue weighted by atomic mass is 32.2. The highest BCUT2D eigenvalue weighted by Gasteiger charge is 2.17. The molecular formula is C14H20N2O5S. The van der Waals surface area contributed by atoms with Gasteiger partial charge in [-0.3, -0.25) is 14.3 Å². The van der Waals surface area contributed by atoms with E-state index >= 15 is 0 Å². The van der Waals surface area contributed by atoms with E-state index in [-0.39, 0.29) is 23.5 Å². The van der Waals surface area contributed by atoms with E-state index in [4.69, 9.17) is 5.11 Å². The van der Waals surface area contributed by atoms with Gasteiger partial charge in [-0.25, -0.2) is 8.42 Å². The summed E-state index contributed by atoms with van der Waals surface area (Å²) in [6, 6.07) is 6.18. The molecule has 22 heavy (non-hydrogen) atoms. The van der Waals surface area contributed by atoms with E-state index in [1.807, 2.05) is 0 Å². The number of hydrogen-bond donors (Lipinski definition) is 3. The number of benzene rings is 1. The van der Waals surface area contributed by atoms with Crippen molar-refractivity contribution in [2.75, 3.05) is 17.0 Å². The monoisotopic (exact) mass is 328 g/mol. The molecule has 1 unspecified atom stereocenters. The lowest BCUT2D eigenvalue weighted by atomic mass is 10.1. The predicted molar refractivity (Wildman–Crippen MR) is 83.3 cm³/mol. The van der Waals surface area contributed by atoms with Gasteiger partial charge in [0.05, 0.1) is 22.9 Å². The fourth-order valence-corrected chi connectivity index (χ4v) is 2.84. The Kier molecular flexibility index (Phi) is 6.36. The van der Waals surface area contributed by atoms with Crippen LogP contribution in [0.2, 0.25) is 0 Å². The molecular weight excluding hydrogens is 308 g/mol. The van der Waals surface area contributed by atoms with E-state index in [0.29, 0.717) is 6.42 Å². The molecule has 3 N–H and O–H groups in total. The third kappa shape index (κ3) is 5.36. The zero-order valence-electron chi connectivity index (χ0n) is 12.5. The lowest BCUT2D eigenvalue weighted by Gasteiger charge is -2.13. The van der Waals surface area contributed by atoms with Gasteiger partial charge in [-0.1, -0.05) is 26.0 Å². The molecule has 1 aromatic carbocycles. The second-order valence-corrected chi connectivity index (χ2v) is 6.76. The van der Waals surface area contributed by atoms with E-state index in [2.05, 4.69) is 10.0 Å². The van der Waals surface area contributed by atoms with Crippen molar-refractivity contribution in [3.8, 4) is 0 Å². The first-order chi connectivity index (χ1) is 10.3. The minimum Gasteiger partial charge on any atom is -0.481 e. The normalized spacial score (nSPS) is 12.5. The van der Waals surface area contributed by atoms with Crippen LogP contribution in [0.1, 0.15) is 30.6 Å². The van der Waals surface area contributed by atoms with Crippen molar-refractivity contribution in [2.45, 2.75) is 20.3 Å². The Morgan fingerprint density at radius 1 is 1.27 bits per heavy atom. The van der Waals surface area contributed by atoms with Gasteiger partial charge >= 0.3 is 5.97 Å². The quantitative estimate of drug-likeness (QED) is 0.665. The van der Waals surface area contributed by atoms with Gasteiger partial charge in [-0.15, -0.1) is 0 Å². The van der Waals surface area contributed by atoms with Crippen molar-refractivity contribution in [2.24, 2.45) is 5.92 Å². The first-order valence-electron chi connectivity index (χ1n) is 6.87. The molecule has 122 valence electrons. The number of carboxylic acids is 1. The van der Waals surface area contributed by atoms with Gasteiger partial charge in [0.15, 0.2) is 0 Å². The number of sulfonamides is 1. The molecule has 1 amide bonds. The Morgan fingerprint density at radius 3 is 2.50 bits per heavy atom. The number of aliphatic carboxylic acids is 1. The largest absolute Gasteiger partial charge is 0.481 e. The molecule has 0 saturated heterocycles. The number of amides is 1. The maximum Gasteiger partial charge on any atom is 0.308 e. The van der Waals surface area contributed by atoms with E-state index in [9.17, 15) is 18.0 Å². The number of para-hydroxylation sites is 1. The summed E-state index contributed by atoms with van der Waals surface area (Å²) in [7, 11) is -3.51. The zero-order chi connectivity index (χ0) is 16.8. The molecule has 1 rings (SSSR count). The van der Waals surface area contributed by atoms with E-state index in [0.717, 1.165) is 0 Å². The fraction of sp³-hybridized carbons (Fsp3) is 0.429. The van der Waals surface area contributed by atoms with Gasteiger partial charge < -0.3 is 10.4 Å². The summed E-state index contributed by atoms with van der Waals surface area (Å²) in [5.41, 5.74) is 0.330. The summed E-state index contributed by atoms with van der Waals surface area (Å²) in [6.45, 7) is 3.17. The SMILES string of the molecule is CCCS(=O)(=O)Nc1ccccc1C(=O)NCC(C)C(=O)O. The topological polar surface area (TPSA) is 113 Å². The minimum atomic E-state index is -3.51. The molecule has 0 spiro atoms. The third-order valence-electron chi connectivity index (χ3n) is 2.90. The number of nitrogens with one attached hydrogen (secondary N) is 2. The van der Waals surface area contributed by atoms with Gasteiger partial charge in [0, 0.05) is 6.54 Å². The first kappa shape index (κ1) is 18.0. The molecule has 7 nitrogen and oxygen atoms in total. The molecule has 1 atom stereocenters. The smallest absolute Gasteiger partial charge is 0.308 e. The zero-order valence-corrected chi connectivity index (χ0v) is 13.3. The molecule has 0 aliphatic heterocycles. The van der Waals surface area contributed by atoms with Crippen LogP contribution < -0.4 is 10.0 Å². The Labute approximate surface area is 129 Å². The first-order valence-corrected chi connectivity index (χ1v) is 8.52. The number of carbonyl (C=O) groups excluding carboxylic acids is 1. The molecule has 0 aliphatic rings. The minimum absolute atomic E-state index is 0.0375. The van der Waals surface area contributed by atoms with Crippen molar-refractivity contribution in [3.63, 3.8) is 0 Å². The third-order valence-corrected chi connectivity index (χ3v) is 4.38. The molecule has 0 radical (unpaired) electrons. The van der Waals surface area contributed by atoms with Crippen LogP contribution in [0, 0.1) is 5.92 Å². The second-order valence-electron chi connectivity index (χ2n) is 4.92. The molecule has 0 aliphatic carbocycles. The van der Waals surface area contributed by atoms with Gasteiger partial charge in [0.2, 0.25) is 10.0 Å². The highest BCUT2D eigenvalue weighted by Crippen LogP contribution is 2.17.